The van der Waals surface area contributed by atoms with Crippen LogP contribution in [0.4, 0.5) is 21.0 Å². The molecule has 43 heavy (non-hydrogen) atoms. The fourth-order valence-electron chi connectivity index (χ4n) is 4.01. The third-order valence-electron chi connectivity index (χ3n) is 6.45. The molecular weight excluding hydrogens is 566 g/mol. The first kappa shape index (κ1) is 34.6. The predicted octanol–water partition coefficient (Wildman–Crippen LogP) is -0.160. The van der Waals surface area contributed by atoms with Crippen molar-refractivity contribution in [1.82, 2.24) is 16.0 Å². The second-order valence-corrected chi connectivity index (χ2v) is 10.2. The van der Waals surface area contributed by atoms with Crippen LogP contribution in [0.25, 0.3) is 0 Å². The molecule has 1 unspecified atom stereocenters. The van der Waals surface area contributed by atoms with Gasteiger partial charge < -0.3 is 41.7 Å². The van der Waals surface area contributed by atoms with Crippen molar-refractivity contribution in [1.29, 1.82) is 0 Å². The molecule has 16 nitrogen and oxygen atoms in total. The highest BCUT2D eigenvalue weighted by Crippen LogP contribution is 2.32. The van der Waals surface area contributed by atoms with E-state index >= 15 is 0 Å². The minimum atomic E-state index is -1.04. The second kappa shape index (κ2) is 16.8. The van der Waals surface area contributed by atoms with Gasteiger partial charge in [-0.1, -0.05) is 26.8 Å². The Morgan fingerprint density at radius 1 is 1.14 bits per heavy atom. The largest absolute Gasteiger partial charge is 0.445 e. The van der Waals surface area contributed by atoms with E-state index in [1.54, 1.807) is 20.8 Å². The number of aldehydes is 1. The molecule has 1 saturated heterocycles. The molecule has 1 fully saturated rings. The molecule has 0 spiro atoms. The number of amides is 7. The molecule has 2 rings (SSSR count). The minimum absolute atomic E-state index is 0.0200. The molecule has 0 aromatic heterocycles. The van der Waals surface area contributed by atoms with Crippen molar-refractivity contribution in [2.24, 2.45) is 23.3 Å². The smallest absolute Gasteiger partial charge is 0.409 e. The number of hydrogen-bond donors (Lipinski definition) is 6. The van der Waals surface area contributed by atoms with Gasteiger partial charge in [-0.05, 0) is 30.9 Å². The monoisotopic (exact) mass is 605 g/mol. The lowest BCUT2D eigenvalue weighted by molar-refractivity contribution is -0.128. The van der Waals surface area contributed by atoms with E-state index in [0.717, 1.165) is 4.90 Å². The van der Waals surface area contributed by atoms with Crippen LogP contribution in [0, 0.1) is 11.8 Å². The van der Waals surface area contributed by atoms with Gasteiger partial charge in [-0.3, -0.25) is 24.5 Å². The van der Waals surface area contributed by atoms with Crippen LogP contribution in [0.5, 0.6) is 0 Å². The summed E-state index contributed by atoms with van der Waals surface area (Å²) in [5.41, 5.74) is 11.6. The summed E-state index contributed by atoms with van der Waals surface area (Å²) in [6.45, 7) is 4.47. The first-order chi connectivity index (χ1) is 20.3. The van der Waals surface area contributed by atoms with E-state index in [0.29, 0.717) is 18.3 Å². The van der Waals surface area contributed by atoms with Gasteiger partial charge in [0.15, 0.2) is 0 Å². The summed E-state index contributed by atoms with van der Waals surface area (Å²) in [6, 6.07) is 1.71. The maximum Gasteiger partial charge on any atom is 0.409 e. The van der Waals surface area contributed by atoms with E-state index in [-0.39, 0.29) is 56.6 Å². The number of hydrogen-bond acceptors (Lipinski definition) is 10. The summed E-state index contributed by atoms with van der Waals surface area (Å²) in [6.07, 6.45) is 0.0617. The van der Waals surface area contributed by atoms with E-state index in [9.17, 15) is 33.6 Å². The molecule has 0 radical (unpaired) electrons. The van der Waals surface area contributed by atoms with E-state index in [1.807, 2.05) is 0 Å². The zero-order valence-electron chi connectivity index (χ0n) is 24.3. The first-order valence-corrected chi connectivity index (χ1v) is 13.7. The van der Waals surface area contributed by atoms with Crippen molar-refractivity contribution in [2.75, 3.05) is 30.1 Å². The summed E-state index contributed by atoms with van der Waals surface area (Å²) in [5.74, 6) is -2.85. The number of nitrogens with zero attached hydrogens (tertiary/aromatic N) is 1. The van der Waals surface area contributed by atoms with Crippen molar-refractivity contribution >= 4 is 53.4 Å². The fraction of sp³-hybridized carbons (Fsp3) is 0.519. The number of urea groups is 1. The summed E-state index contributed by atoms with van der Waals surface area (Å²) >= 11 is 0. The Hall–Kier alpha value is -4.57. The van der Waals surface area contributed by atoms with E-state index in [4.69, 9.17) is 20.9 Å². The van der Waals surface area contributed by atoms with Gasteiger partial charge in [0.05, 0.1) is 11.7 Å². The summed E-state index contributed by atoms with van der Waals surface area (Å²) in [7, 11) is 0. The number of carbonyl (C=O) groups is 7. The van der Waals surface area contributed by atoms with E-state index in [1.165, 1.54) is 18.2 Å². The van der Waals surface area contributed by atoms with Gasteiger partial charge in [-0.15, -0.1) is 0 Å². The molecule has 1 aromatic carbocycles. The number of anilines is 2. The van der Waals surface area contributed by atoms with Gasteiger partial charge in [0.25, 0.3) is 0 Å². The maximum atomic E-state index is 13.3. The summed E-state index contributed by atoms with van der Waals surface area (Å²) in [4.78, 5) is 85.8. The van der Waals surface area contributed by atoms with Crippen molar-refractivity contribution < 1.29 is 43.0 Å². The van der Waals surface area contributed by atoms with Crippen molar-refractivity contribution in [3.8, 4) is 0 Å². The molecule has 16 heteroatoms. The Labute approximate surface area is 248 Å². The third-order valence-corrected chi connectivity index (χ3v) is 6.45. The van der Waals surface area contributed by atoms with Crippen LogP contribution in [0.15, 0.2) is 18.2 Å². The molecule has 1 aromatic rings. The van der Waals surface area contributed by atoms with Gasteiger partial charge in [-0.2, -0.15) is 0 Å². The van der Waals surface area contributed by atoms with Gasteiger partial charge >= 0.3 is 12.1 Å². The van der Waals surface area contributed by atoms with Crippen LogP contribution >= 0.6 is 0 Å². The Balaban J connectivity index is 2.27. The number of rotatable bonds is 16. The number of ether oxygens (including phenoxy) is 2. The molecule has 0 bridgehead atoms. The maximum absolute atomic E-state index is 13.3. The Bertz CT molecular complexity index is 1210. The SMILES string of the molecule is CC1CC(=O)N(c2cc(NC(=O)[C@H](CCCNC(N)=O)NC(=O)[C@@H](N)C(C)C)ccc2COC(=O)NCOCC=O)C1=O. The Kier molecular flexibility index (Phi) is 13.5. The van der Waals surface area contributed by atoms with Crippen LogP contribution in [0.3, 0.4) is 0 Å². The lowest BCUT2D eigenvalue weighted by atomic mass is 10.0. The topological polar surface area (TPSA) is 241 Å². The highest BCUT2D eigenvalue weighted by atomic mass is 16.6. The molecule has 1 aliphatic heterocycles. The molecule has 1 heterocycles. The average Bonchev–Trinajstić information content (AvgIpc) is 3.21. The van der Waals surface area contributed by atoms with Gasteiger partial charge in [0.1, 0.15) is 32.3 Å². The number of primary amides is 1. The molecular formula is C27H39N7O9. The van der Waals surface area contributed by atoms with Gasteiger partial charge in [0, 0.05) is 30.1 Å². The van der Waals surface area contributed by atoms with Crippen LogP contribution in [-0.2, 0) is 40.1 Å². The Morgan fingerprint density at radius 2 is 1.86 bits per heavy atom. The van der Waals surface area contributed by atoms with Gasteiger partial charge in [0.2, 0.25) is 23.6 Å². The molecule has 7 amide bonds. The summed E-state index contributed by atoms with van der Waals surface area (Å²) < 4.78 is 10.0. The molecule has 0 saturated carbocycles. The van der Waals surface area contributed by atoms with E-state index < -0.39 is 53.8 Å². The van der Waals surface area contributed by atoms with Crippen molar-refractivity contribution in [2.45, 2.75) is 58.7 Å². The number of nitrogens with one attached hydrogen (secondary N) is 4. The number of imide groups is 1. The predicted molar refractivity (Wildman–Crippen MR) is 153 cm³/mol. The molecule has 0 aliphatic carbocycles. The van der Waals surface area contributed by atoms with Crippen LogP contribution in [0.1, 0.15) is 45.6 Å². The lowest BCUT2D eigenvalue weighted by Gasteiger charge is -2.23. The zero-order valence-corrected chi connectivity index (χ0v) is 24.3. The number of benzene rings is 1. The molecule has 236 valence electrons. The highest BCUT2D eigenvalue weighted by Gasteiger charge is 2.38. The number of carbonyl (C=O) groups excluding carboxylic acids is 7. The molecule has 8 N–H and O–H groups in total. The number of alkyl carbamates (subject to hydrolysis) is 1. The van der Waals surface area contributed by atoms with Crippen LogP contribution in [0.2, 0.25) is 0 Å². The molecule has 1 aliphatic rings. The minimum Gasteiger partial charge on any atom is -0.445 e. The van der Waals surface area contributed by atoms with Crippen molar-refractivity contribution in [3.63, 3.8) is 0 Å². The van der Waals surface area contributed by atoms with E-state index in [2.05, 4.69) is 21.3 Å². The zero-order chi connectivity index (χ0) is 32.1. The highest BCUT2D eigenvalue weighted by molar-refractivity contribution is 6.21. The standard InChI is InChI=1S/C27H39N7O9/c1-15(2)22(28)24(38)33-19(5-4-8-30-26(29)40)23(37)32-18-7-6-17(13-43-27(41)31-14-42-10-9-35)20(12-18)34-21(36)11-16(3)25(34)39/h6-7,9,12,15-16,19,22H,4-5,8,10-11,13-14,28H2,1-3H3,(H,31,41)(H,32,37)(H,33,38)(H3,29,30,40)/t16?,19-,22-/m0/s1. The molecule has 3 atom stereocenters. The lowest BCUT2D eigenvalue weighted by Crippen LogP contribution is -2.51. The average molecular weight is 606 g/mol. The normalized spacial score (nSPS) is 15.9. The fourth-order valence-corrected chi connectivity index (χ4v) is 4.01. The third kappa shape index (κ3) is 10.6. The first-order valence-electron chi connectivity index (χ1n) is 13.7. The second-order valence-electron chi connectivity index (χ2n) is 10.2. The Morgan fingerprint density at radius 3 is 2.47 bits per heavy atom. The van der Waals surface area contributed by atoms with Gasteiger partial charge in [-0.25, -0.2) is 14.5 Å². The van der Waals surface area contributed by atoms with Crippen molar-refractivity contribution in [3.05, 3.63) is 23.8 Å². The van der Waals surface area contributed by atoms with Crippen LogP contribution in [-0.4, -0.2) is 74.0 Å². The quantitative estimate of drug-likeness (QED) is 0.0629. The summed E-state index contributed by atoms with van der Waals surface area (Å²) in [5, 5.41) is 10.0. The number of nitrogens with two attached hydrogens (primary N) is 2. The van der Waals surface area contributed by atoms with Crippen LogP contribution < -0.4 is 37.6 Å².